The highest BCUT2D eigenvalue weighted by Crippen LogP contribution is 2.43. The van der Waals surface area contributed by atoms with E-state index in [1.165, 1.54) is 12.8 Å². The molecule has 2 N–H and O–H groups in total. The van der Waals surface area contributed by atoms with Gasteiger partial charge in [-0.25, -0.2) is 0 Å². The van der Waals surface area contributed by atoms with Crippen molar-refractivity contribution in [2.24, 2.45) is 0 Å². The van der Waals surface area contributed by atoms with Crippen molar-refractivity contribution < 1.29 is 5.11 Å². The first kappa shape index (κ1) is 14.3. The predicted octanol–water partition coefficient (Wildman–Crippen LogP) is 2.65. The first-order valence-electron chi connectivity index (χ1n) is 8.24. The Labute approximate surface area is 135 Å². The van der Waals surface area contributed by atoms with Crippen LogP contribution in [0.3, 0.4) is 0 Å². The maximum Gasteiger partial charge on any atom is 0.177 e. The molecule has 0 saturated carbocycles. The lowest BCUT2D eigenvalue weighted by atomic mass is 10.1. The Balaban J connectivity index is 1.74. The molecule has 0 amide bonds. The number of aliphatic hydroxyl groups is 1. The Morgan fingerprint density at radius 2 is 1.91 bits per heavy atom. The number of nitrogens with one attached hydrogen (secondary N) is 1. The van der Waals surface area contributed by atoms with Crippen LogP contribution in [0.4, 0.5) is 28.7 Å². The van der Waals surface area contributed by atoms with E-state index in [9.17, 15) is 5.11 Å². The van der Waals surface area contributed by atoms with Crippen molar-refractivity contribution in [3.05, 3.63) is 30.3 Å². The SMILES string of the molecule is OCCCN1c2ccccc2Nc2nnc(N3CCCC3)cc21. The lowest BCUT2D eigenvalue weighted by Gasteiger charge is -2.33. The van der Waals surface area contributed by atoms with E-state index in [-0.39, 0.29) is 6.61 Å². The second-order valence-corrected chi connectivity index (χ2v) is 6.00. The molecule has 6 nitrogen and oxygen atoms in total. The number of rotatable bonds is 4. The fraction of sp³-hybridized carbons (Fsp3) is 0.412. The Morgan fingerprint density at radius 3 is 2.74 bits per heavy atom. The lowest BCUT2D eigenvalue weighted by molar-refractivity contribution is 0.291. The van der Waals surface area contributed by atoms with Crippen molar-refractivity contribution in [3.63, 3.8) is 0 Å². The molecule has 1 saturated heterocycles. The zero-order chi connectivity index (χ0) is 15.6. The van der Waals surface area contributed by atoms with Gasteiger partial charge in [-0.1, -0.05) is 12.1 Å². The van der Waals surface area contributed by atoms with E-state index in [1.807, 2.05) is 18.2 Å². The van der Waals surface area contributed by atoms with Gasteiger partial charge < -0.3 is 20.2 Å². The van der Waals surface area contributed by atoms with Crippen LogP contribution in [0.15, 0.2) is 30.3 Å². The van der Waals surface area contributed by atoms with Crippen molar-refractivity contribution in [3.8, 4) is 0 Å². The maximum absolute atomic E-state index is 9.24. The molecule has 0 bridgehead atoms. The van der Waals surface area contributed by atoms with Crippen LogP contribution in [0.2, 0.25) is 0 Å². The van der Waals surface area contributed by atoms with Gasteiger partial charge in [0.15, 0.2) is 11.6 Å². The second kappa shape index (κ2) is 6.04. The van der Waals surface area contributed by atoms with Gasteiger partial charge in [-0.3, -0.25) is 0 Å². The number of aliphatic hydroxyl groups excluding tert-OH is 1. The largest absolute Gasteiger partial charge is 0.396 e. The third-order valence-electron chi connectivity index (χ3n) is 4.47. The fourth-order valence-electron chi connectivity index (χ4n) is 3.31. The summed E-state index contributed by atoms with van der Waals surface area (Å²) in [5.41, 5.74) is 3.18. The summed E-state index contributed by atoms with van der Waals surface area (Å²) in [5.74, 6) is 1.72. The topological polar surface area (TPSA) is 64.5 Å². The van der Waals surface area contributed by atoms with Crippen molar-refractivity contribution >= 4 is 28.7 Å². The van der Waals surface area contributed by atoms with Crippen LogP contribution in [0.1, 0.15) is 19.3 Å². The molecule has 4 rings (SSSR count). The second-order valence-electron chi connectivity index (χ2n) is 6.00. The summed E-state index contributed by atoms with van der Waals surface area (Å²) in [6.45, 7) is 3.04. The van der Waals surface area contributed by atoms with Gasteiger partial charge in [0, 0.05) is 32.3 Å². The molecule has 6 heteroatoms. The highest BCUT2D eigenvalue weighted by Gasteiger charge is 2.25. The third kappa shape index (κ3) is 2.59. The summed E-state index contributed by atoms with van der Waals surface area (Å²) in [6, 6.07) is 10.3. The van der Waals surface area contributed by atoms with Crippen LogP contribution in [-0.2, 0) is 0 Å². The molecular formula is C17H21N5O. The van der Waals surface area contributed by atoms with Gasteiger partial charge in [-0.05, 0) is 31.4 Å². The zero-order valence-electron chi connectivity index (χ0n) is 13.1. The number of benzene rings is 1. The molecule has 0 atom stereocenters. The van der Waals surface area contributed by atoms with Gasteiger partial charge in [-0.15, -0.1) is 10.2 Å². The maximum atomic E-state index is 9.24. The van der Waals surface area contributed by atoms with Crippen LogP contribution < -0.4 is 15.1 Å². The van der Waals surface area contributed by atoms with Gasteiger partial charge in [-0.2, -0.15) is 0 Å². The minimum absolute atomic E-state index is 0.179. The number of anilines is 5. The summed E-state index contributed by atoms with van der Waals surface area (Å²) in [7, 11) is 0. The van der Waals surface area contributed by atoms with E-state index >= 15 is 0 Å². The Morgan fingerprint density at radius 1 is 1.09 bits per heavy atom. The van der Waals surface area contributed by atoms with Crippen molar-refractivity contribution in [1.29, 1.82) is 0 Å². The van der Waals surface area contributed by atoms with Crippen LogP contribution in [0.5, 0.6) is 0 Å². The molecule has 0 spiro atoms. The first-order valence-corrected chi connectivity index (χ1v) is 8.24. The number of fused-ring (bicyclic) bond motifs is 2. The van der Waals surface area contributed by atoms with Crippen LogP contribution in [0.25, 0.3) is 0 Å². The Kier molecular flexibility index (Phi) is 3.75. The van der Waals surface area contributed by atoms with Crippen LogP contribution >= 0.6 is 0 Å². The van der Waals surface area contributed by atoms with E-state index in [0.717, 1.165) is 54.8 Å². The van der Waals surface area contributed by atoms with Crippen LogP contribution in [0, 0.1) is 0 Å². The van der Waals surface area contributed by atoms with Crippen LogP contribution in [-0.4, -0.2) is 41.5 Å². The molecular weight excluding hydrogens is 290 g/mol. The normalized spacial score (nSPS) is 16.0. The number of nitrogens with zero attached hydrogens (tertiary/aromatic N) is 4. The highest BCUT2D eigenvalue weighted by molar-refractivity contribution is 5.90. The Bertz CT molecular complexity index is 699. The van der Waals surface area contributed by atoms with Gasteiger partial charge >= 0.3 is 0 Å². The molecule has 1 fully saturated rings. The lowest BCUT2D eigenvalue weighted by Crippen LogP contribution is -2.27. The molecule has 23 heavy (non-hydrogen) atoms. The van der Waals surface area contributed by atoms with E-state index in [0.29, 0.717) is 0 Å². The predicted molar refractivity (Wildman–Crippen MR) is 91.9 cm³/mol. The van der Waals surface area contributed by atoms with Gasteiger partial charge in [0.1, 0.15) is 0 Å². The summed E-state index contributed by atoms with van der Waals surface area (Å²) >= 11 is 0. The summed E-state index contributed by atoms with van der Waals surface area (Å²) in [6.07, 6.45) is 3.15. The molecule has 3 heterocycles. The molecule has 1 aromatic heterocycles. The average molecular weight is 311 g/mol. The molecule has 2 aromatic rings. The number of hydrogen-bond donors (Lipinski definition) is 2. The van der Waals surface area contributed by atoms with Crippen molar-refractivity contribution in [1.82, 2.24) is 10.2 Å². The molecule has 120 valence electrons. The highest BCUT2D eigenvalue weighted by atomic mass is 16.3. The molecule has 2 aliphatic heterocycles. The molecule has 0 unspecified atom stereocenters. The Hall–Kier alpha value is -2.34. The van der Waals surface area contributed by atoms with E-state index in [4.69, 9.17) is 0 Å². The minimum Gasteiger partial charge on any atom is -0.396 e. The fourth-order valence-corrected chi connectivity index (χ4v) is 3.31. The minimum atomic E-state index is 0.179. The number of hydrogen-bond acceptors (Lipinski definition) is 6. The molecule has 0 radical (unpaired) electrons. The summed E-state index contributed by atoms with van der Waals surface area (Å²) < 4.78 is 0. The average Bonchev–Trinajstić information content (AvgIpc) is 3.13. The summed E-state index contributed by atoms with van der Waals surface area (Å²) in [4.78, 5) is 4.52. The van der Waals surface area contributed by atoms with E-state index in [2.05, 4.69) is 37.4 Å². The molecule has 0 aliphatic carbocycles. The summed E-state index contributed by atoms with van der Waals surface area (Å²) in [5, 5.41) is 21.4. The van der Waals surface area contributed by atoms with Gasteiger partial charge in [0.05, 0.1) is 17.1 Å². The molecule has 2 aliphatic rings. The standard InChI is InChI=1S/C17H21N5O/c23-11-5-10-22-14-7-2-1-6-13(14)18-17-15(22)12-16(19-20-17)21-8-3-4-9-21/h1-2,6-7,12,23H,3-5,8-11H2,(H,18,20). The quantitative estimate of drug-likeness (QED) is 0.905. The smallest absolute Gasteiger partial charge is 0.177 e. The number of para-hydroxylation sites is 2. The zero-order valence-corrected chi connectivity index (χ0v) is 13.1. The number of aromatic nitrogens is 2. The van der Waals surface area contributed by atoms with E-state index < -0.39 is 0 Å². The van der Waals surface area contributed by atoms with E-state index in [1.54, 1.807) is 0 Å². The van der Waals surface area contributed by atoms with Crippen molar-refractivity contribution in [2.75, 3.05) is 41.4 Å². The van der Waals surface area contributed by atoms with Gasteiger partial charge in [0.2, 0.25) is 0 Å². The van der Waals surface area contributed by atoms with Gasteiger partial charge in [0.25, 0.3) is 0 Å². The first-order chi connectivity index (χ1) is 11.4. The van der Waals surface area contributed by atoms with Crippen molar-refractivity contribution in [2.45, 2.75) is 19.3 Å². The molecule has 1 aromatic carbocycles. The monoisotopic (exact) mass is 311 g/mol. The third-order valence-corrected chi connectivity index (χ3v) is 4.47.